The molecule has 1 amide bonds. The van der Waals surface area contributed by atoms with Crippen molar-refractivity contribution in [3.63, 3.8) is 0 Å². The molecule has 1 heterocycles. The number of rotatable bonds is 8. The maximum absolute atomic E-state index is 12.9. The summed E-state index contributed by atoms with van der Waals surface area (Å²) in [4.78, 5) is 30.2. The molecular formula is C17H23N3O4. The second-order valence-electron chi connectivity index (χ2n) is 5.46. The van der Waals surface area contributed by atoms with E-state index in [4.69, 9.17) is 4.74 Å². The van der Waals surface area contributed by atoms with Gasteiger partial charge in [-0.2, -0.15) is 0 Å². The van der Waals surface area contributed by atoms with Crippen molar-refractivity contribution in [2.24, 2.45) is 0 Å². The highest BCUT2D eigenvalue weighted by Gasteiger charge is 2.23. The predicted molar refractivity (Wildman–Crippen MR) is 89.5 cm³/mol. The smallest absolute Gasteiger partial charge is 0.307 e. The summed E-state index contributed by atoms with van der Waals surface area (Å²) in [7, 11) is 2.92. The molecule has 0 aliphatic heterocycles. The van der Waals surface area contributed by atoms with Crippen LogP contribution in [0.1, 0.15) is 19.4 Å². The predicted octanol–water partition coefficient (Wildman–Crippen LogP) is 1.64. The molecule has 0 fully saturated rings. The molecule has 2 rings (SSSR count). The lowest BCUT2D eigenvalue weighted by atomic mass is 10.2. The molecular weight excluding hydrogens is 310 g/mol. The van der Waals surface area contributed by atoms with Gasteiger partial charge in [-0.1, -0.05) is 12.1 Å². The normalized spacial score (nSPS) is 12.1. The van der Waals surface area contributed by atoms with Gasteiger partial charge in [0.25, 0.3) is 0 Å². The molecule has 1 aromatic heterocycles. The number of esters is 1. The number of carbonyl (C=O) groups is 2. The van der Waals surface area contributed by atoms with Crippen LogP contribution in [-0.2, 0) is 19.1 Å². The monoisotopic (exact) mass is 333 g/mol. The molecule has 1 unspecified atom stereocenters. The number of imidazole rings is 1. The Bertz CT molecular complexity index is 698. The largest absolute Gasteiger partial charge is 0.469 e. The number of carbonyl (C=O) groups excluding carboxylic acids is 2. The van der Waals surface area contributed by atoms with Crippen LogP contribution in [0.2, 0.25) is 0 Å². The molecule has 7 heteroatoms. The fourth-order valence-electron chi connectivity index (χ4n) is 2.53. The van der Waals surface area contributed by atoms with Gasteiger partial charge in [0, 0.05) is 20.2 Å². The summed E-state index contributed by atoms with van der Waals surface area (Å²) >= 11 is 0. The summed E-state index contributed by atoms with van der Waals surface area (Å²) in [6.45, 7) is 2.95. The SMILES string of the molecule is COCCN(CCC(=O)OC)C(=O)C(C)n1cnc2ccccc21. The lowest BCUT2D eigenvalue weighted by Gasteiger charge is -2.26. The quantitative estimate of drug-likeness (QED) is 0.687. The van der Waals surface area contributed by atoms with E-state index in [0.717, 1.165) is 11.0 Å². The zero-order valence-corrected chi connectivity index (χ0v) is 14.3. The van der Waals surface area contributed by atoms with E-state index in [2.05, 4.69) is 9.72 Å². The van der Waals surface area contributed by atoms with Crippen LogP contribution in [0, 0.1) is 0 Å². The first kappa shape index (κ1) is 17.9. The Morgan fingerprint density at radius 3 is 2.71 bits per heavy atom. The summed E-state index contributed by atoms with van der Waals surface area (Å²) in [6, 6.07) is 7.24. The van der Waals surface area contributed by atoms with Gasteiger partial charge >= 0.3 is 5.97 Å². The van der Waals surface area contributed by atoms with Crippen LogP contribution in [0.4, 0.5) is 0 Å². The Labute approximate surface area is 141 Å². The van der Waals surface area contributed by atoms with Gasteiger partial charge < -0.3 is 18.9 Å². The van der Waals surface area contributed by atoms with Gasteiger partial charge in [-0.25, -0.2) is 4.98 Å². The van der Waals surface area contributed by atoms with Gasteiger partial charge in [0.1, 0.15) is 6.04 Å². The highest BCUT2D eigenvalue weighted by Crippen LogP contribution is 2.19. The molecule has 0 bridgehead atoms. The highest BCUT2D eigenvalue weighted by molar-refractivity contribution is 5.84. The van der Waals surface area contributed by atoms with E-state index in [0.29, 0.717) is 19.7 Å². The first-order chi connectivity index (χ1) is 11.6. The van der Waals surface area contributed by atoms with Crippen molar-refractivity contribution in [3.8, 4) is 0 Å². The van der Waals surface area contributed by atoms with E-state index < -0.39 is 6.04 Å². The van der Waals surface area contributed by atoms with Crippen LogP contribution in [0.15, 0.2) is 30.6 Å². The molecule has 0 saturated carbocycles. The molecule has 1 atom stereocenters. The Balaban J connectivity index is 2.15. The minimum Gasteiger partial charge on any atom is -0.469 e. The van der Waals surface area contributed by atoms with Crippen LogP contribution < -0.4 is 0 Å². The molecule has 24 heavy (non-hydrogen) atoms. The van der Waals surface area contributed by atoms with Crippen molar-refractivity contribution in [3.05, 3.63) is 30.6 Å². The fraction of sp³-hybridized carbons (Fsp3) is 0.471. The second kappa shape index (κ2) is 8.44. The maximum atomic E-state index is 12.9. The second-order valence-corrected chi connectivity index (χ2v) is 5.46. The van der Waals surface area contributed by atoms with Crippen molar-refractivity contribution in [2.45, 2.75) is 19.4 Å². The highest BCUT2D eigenvalue weighted by atomic mass is 16.5. The fourth-order valence-corrected chi connectivity index (χ4v) is 2.53. The average molecular weight is 333 g/mol. The van der Waals surface area contributed by atoms with Gasteiger partial charge in [0.2, 0.25) is 5.91 Å². The van der Waals surface area contributed by atoms with E-state index in [-0.39, 0.29) is 18.3 Å². The zero-order valence-electron chi connectivity index (χ0n) is 14.3. The van der Waals surface area contributed by atoms with E-state index in [1.54, 1.807) is 18.3 Å². The molecule has 130 valence electrons. The summed E-state index contributed by atoms with van der Waals surface area (Å²) < 4.78 is 11.6. The van der Waals surface area contributed by atoms with E-state index in [1.807, 2.05) is 35.8 Å². The average Bonchev–Trinajstić information content (AvgIpc) is 3.04. The van der Waals surface area contributed by atoms with E-state index in [1.165, 1.54) is 7.11 Å². The lowest BCUT2D eigenvalue weighted by Crippen LogP contribution is -2.39. The minimum atomic E-state index is -0.424. The van der Waals surface area contributed by atoms with Crippen LogP contribution >= 0.6 is 0 Å². The first-order valence-corrected chi connectivity index (χ1v) is 7.84. The van der Waals surface area contributed by atoms with Gasteiger partial charge in [-0.05, 0) is 19.1 Å². The topological polar surface area (TPSA) is 73.7 Å². The molecule has 0 N–H and O–H groups in total. The van der Waals surface area contributed by atoms with Gasteiger partial charge in [0.15, 0.2) is 0 Å². The first-order valence-electron chi connectivity index (χ1n) is 7.84. The molecule has 2 aromatic rings. The number of hydrogen-bond acceptors (Lipinski definition) is 5. The van der Waals surface area contributed by atoms with E-state index in [9.17, 15) is 9.59 Å². The van der Waals surface area contributed by atoms with Gasteiger partial charge in [0.05, 0.1) is 37.5 Å². The number of benzene rings is 1. The van der Waals surface area contributed by atoms with Crippen molar-refractivity contribution >= 4 is 22.9 Å². The zero-order chi connectivity index (χ0) is 17.5. The Morgan fingerprint density at radius 2 is 2.00 bits per heavy atom. The molecule has 0 saturated heterocycles. The number of fused-ring (bicyclic) bond motifs is 1. The maximum Gasteiger partial charge on any atom is 0.307 e. The van der Waals surface area contributed by atoms with Gasteiger partial charge in [-0.15, -0.1) is 0 Å². The van der Waals surface area contributed by atoms with Crippen molar-refractivity contribution in [2.75, 3.05) is 33.9 Å². The summed E-state index contributed by atoms with van der Waals surface area (Å²) in [5, 5.41) is 0. The third kappa shape index (κ3) is 4.11. The number of ether oxygens (including phenoxy) is 2. The summed E-state index contributed by atoms with van der Waals surface area (Å²) in [5.41, 5.74) is 1.74. The minimum absolute atomic E-state index is 0.0842. The van der Waals surface area contributed by atoms with Crippen molar-refractivity contribution in [1.29, 1.82) is 0 Å². The third-order valence-corrected chi connectivity index (χ3v) is 3.95. The van der Waals surface area contributed by atoms with Crippen LogP contribution in [0.5, 0.6) is 0 Å². The number of amides is 1. The van der Waals surface area contributed by atoms with Gasteiger partial charge in [-0.3, -0.25) is 9.59 Å². The Morgan fingerprint density at radius 1 is 1.25 bits per heavy atom. The van der Waals surface area contributed by atoms with Crippen LogP contribution in [0.3, 0.4) is 0 Å². The lowest BCUT2D eigenvalue weighted by molar-refractivity contribution is -0.142. The van der Waals surface area contributed by atoms with Crippen LogP contribution in [0.25, 0.3) is 11.0 Å². The molecule has 0 aliphatic carbocycles. The number of methoxy groups -OCH3 is 2. The molecule has 0 aliphatic rings. The number of aromatic nitrogens is 2. The summed E-state index contributed by atoms with van der Waals surface area (Å²) in [5.74, 6) is -0.426. The molecule has 1 aromatic carbocycles. The van der Waals surface area contributed by atoms with E-state index >= 15 is 0 Å². The number of hydrogen-bond donors (Lipinski definition) is 0. The Kier molecular flexibility index (Phi) is 6.31. The molecule has 0 radical (unpaired) electrons. The molecule has 7 nitrogen and oxygen atoms in total. The van der Waals surface area contributed by atoms with Crippen molar-refractivity contribution in [1.82, 2.24) is 14.5 Å². The standard InChI is InChI=1S/C17H23N3O4/c1-13(20-12-18-14-6-4-5-7-15(14)20)17(22)19(10-11-23-2)9-8-16(21)24-3/h4-7,12-13H,8-11H2,1-3H3. The summed E-state index contributed by atoms with van der Waals surface area (Å²) in [6.07, 6.45) is 1.82. The van der Waals surface area contributed by atoms with Crippen molar-refractivity contribution < 1.29 is 19.1 Å². The number of nitrogens with zero attached hydrogens (tertiary/aromatic N) is 3. The third-order valence-electron chi connectivity index (χ3n) is 3.95. The Hall–Kier alpha value is -2.41. The van der Waals surface area contributed by atoms with Crippen LogP contribution in [-0.4, -0.2) is 60.2 Å². The number of para-hydroxylation sites is 2. The molecule has 0 spiro atoms.